The van der Waals surface area contributed by atoms with Crippen molar-refractivity contribution in [2.75, 3.05) is 0 Å². The maximum Gasteiger partial charge on any atom is 0.391 e. The predicted octanol–water partition coefficient (Wildman–Crippen LogP) is 5.66. The molecule has 0 saturated carbocycles. The van der Waals surface area contributed by atoms with Crippen LogP contribution in [0.1, 0.15) is 63.9 Å². The van der Waals surface area contributed by atoms with Gasteiger partial charge in [0.2, 0.25) is 0 Å². The van der Waals surface area contributed by atoms with Crippen LogP contribution < -0.4 is 0 Å². The van der Waals surface area contributed by atoms with E-state index in [4.69, 9.17) is 0 Å². The molecule has 0 aliphatic heterocycles. The van der Waals surface area contributed by atoms with Gasteiger partial charge in [0.15, 0.2) is 0 Å². The lowest BCUT2D eigenvalue weighted by atomic mass is 9.86. The van der Waals surface area contributed by atoms with Crippen molar-refractivity contribution in [1.82, 2.24) is 0 Å². The van der Waals surface area contributed by atoms with Gasteiger partial charge in [-0.2, -0.15) is 13.2 Å². The summed E-state index contributed by atoms with van der Waals surface area (Å²) in [5.41, 5.74) is -0.672. The van der Waals surface area contributed by atoms with Crippen molar-refractivity contribution in [2.45, 2.75) is 76.5 Å². The van der Waals surface area contributed by atoms with Gasteiger partial charge in [-0.05, 0) is 24.8 Å². The summed E-state index contributed by atoms with van der Waals surface area (Å²) in [7, 11) is 0. The molecule has 22 heavy (non-hydrogen) atoms. The van der Waals surface area contributed by atoms with Crippen LogP contribution in [0.4, 0.5) is 13.2 Å². The van der Waals surface area contributed by atoms with Crippen molar-refractivity contribution in [3.05, 3.63) is 35.9 Å². The monoisotopic (exact) mass is 316 g/mol. The van der Waals surface area contributed by atoms with Crippen molar-refractivity contribution in [3.63, 3.8) is 0 Å². The largest absolute Gasteiger partial charge is 0.391 e. The summed E-state index contributed by atoms with van der Waals surface area (Å²) < 4.78 is 38.2. The normalized spacial score (nSPS) is 14.8. The van der Waals surface area contributed by atoms with Crippen LogP contribution in [-0.4, -0.2) is 16.9 Å². The summed E-state index contributed by atoms with van der Waals surface area (Å²) in [6.07, 6.45) is 0.186. The summed E-state index contributed by atoms with van der Waals surface area (Å²) in [4.78, 5) is 0. The predicted molar refractivity (Wildman–Crippen MR) is 83.8 cm³/mol. The minimum absolute atomic E-state index is 0.157. The molecule has 0 aliphatic carbocycles. The summed E-state index contributed by atoms with van der Waals surface area (Å²) in [6.45, 7) is 2.10. The van der Waals surface area contributed by atoms with Crippen LogP contribution in [-0.2, 0) is 6.42 Å². The van der Waals surface area contributed by atoms with Crippen LogP contribution in [0.5, 0.6) is 0 Å². The highest BCUT2D eigenvalue weighted by Crippen LogP contribution is 2.34. The average Bonchev–Trinajstić information content (AvgIpc) is 2.44. The standard InChI is InChI=1S/C18H27F3O/c1-2-3-4-5-9-13-17(22,15-18(19,20)21)14-12-16-10-7-6-8-11-16/h6-8,10-11,22H,2-5,9,12-15H2,1H3. The molecule has 0 amide bonds. The van der Waals surface area contributed by atoms with Gasteiger partial charge >= 0.3 is 6.18 Å². The fraction of sp³-hybridized carbons (Fsp3) is 0.667. The lowest BCUT2D eigenvalue weighted by Crippen LogP contribution is -2.35. The molecule has 0 saturated heterocycles. The number of halogens is 3. The van der Waals surface area contributed by atoms with E-state index in [9.17, 15) is 18.3 Å². The van der Waals surface area contributed by atoms with E-state index in [0.717, 1.165) is 31.2 Å². The first-order chi connectivity index (χ1) is 10.3. The van der Waals surface area contributed by atoms with E-state index in [1.165, 1.54) is 0 Å². The molecule has 1 aromatic carbocycles. The number of alkyl halides is 3. The van der Waals surface area contributed by atoms with Crippen LogP contribution in [0.15, 0.2) is 30.3 Å². The van der Waals surface area contributed by atoms with Crippen molar-refractivity contribution in [2.24, 2.45) is 0 Å². The molecular weight excluding hydrogens is 289 g/mol. The highest BCUT2D eigenvalue weighted by atomic mass is 19.4. The van der Waals surface area contributed by atoms with E-state index in [2.05, 4.69) is 6.92 Å². The third-order valence-corrected chi connectivity index (χ3v) is 4.00. The Bertz CT molecular complexity index is 403. The van der Waals surface area contributed by atoms with E-state index < -0.39 is 18.2 Å². The number of unbranched alkanes of at least 4 members (excludes halogenated alkanes) is 4. The zero-order valence-corrected chi connectivity index (χ0v) is 13.3. The van der Waals surface area contributed by atoms with Crippen LogP contribution in [0.2, 0.25) is 0 Å². The molecule has 0 spiro atoms. The first-order valence-corrected chi connectivity index (χ1v) is 8.18. The lowest BCUT2D eigenvalue weighted by Gasteiger charge is -2.29. The molecule has 1 aromatic rings. The van der Waals surface area contributed by atoms with Gasteiger partial charge in [0, 0.05) is 0 Å². The molecule has 0 bridgehead atoms. The Hall–Kier alpha value is -1.03. The SMILES string of the molecule is CCCCCCCC(O)(CCc1ccccc1)CC(F)(F)F. The second kappa shape index (κ2) is 9.19. The molecule has 0 aromatic heterocycles. The van der Waals surface area contributed by atoms with Gasteiger partial charge in [0.1, 0.15) is 0 Å². The second-order valence-corrected chi connectivity index (χ2v) is 6.17. The van der Waals surface area contributed by atoms with E-state index >= 15 is 0 Å². The number of aliphatic hydroxyl groups is 1. The molecule has 0 fully saturated rings. The molecule has 0 heterocycles. The Morgan fingerprint density at radius 1 is 0.909 bits per heavy atom. The van der Waals surface area contributed by atoms with Crippen LogP contribution in [0, 0.1) is 0 Å². The van der Waals surface area contributed by atoms with Crippen LogP contribution in [0.25, 0.3) is 0 Å². The Labute approximate surface area is 131 Å². The molecule has 1 unspecified atom stereocenters. The highest BCUT2D eigenvalue weighted by Gasteiger charge is 2.40. The fourth-order valence-electron chi connectivity index (χ4n) is 2.75. The molecule has 1 rings (SSSR count). The van der Waals surface area contributed by atoms with Gasteiger partial charge in [-0.15, -0.1) is 0 Å². The van der Waals surface area contributed by atoms with Crippen molar-refractivity contribution in [1.29, 1.82) is 0 Å². The van der Waals surface area contributed by atoms with E-state index in [0.29, 0.717) is 12.8 Å². The zero-order chi connectivity index (χ0) is 16.5. The van der Waals surface area contributed by atoms with Gasteiger partial charge in [-0.3, -0.25) is 0 Å². The summed E-state index contributed by atoms with van der Waals surface area (Å²) in [6, 6.07) is 9.37. The summed E-state index contributed by atoms with van der Waals surface area (Å²) in [5.74, 6) is 0. The first kappa shape index (κ1) is 19.0. The first-order valence-electron chi connectivity index (χ1n) is 8.18. The molecule has 126 valence electrons. The molecule has 1 atom stereocenters. The topological polar surface area (TPSA) is 20.2 Å². The number of hydrogen-bond acceptors (Lipinski definition) is 1. The molecular formula is C18H27F3O. The maximum absolute atomic E-state index is 12.7. The van der Waals surface area contributed by atoms with E-state index in [1.54, 1.807) is 0 Å². The Morgan fingerprint density at radius 3 is 2.14 bits per heavy atom. The van der Waals surface area contributed by atoms with Gasteiger partial charge in [0.25, 0.3) is 0 Å². The summed E-state index contributed by atoms with van der Waals surface area (Å²) >= 11 is 0. The minimum atomic E-state index is -4.32. The number of aryl methyl sites for hydroxylation is 1. The van der Waals surface area contributed by atoms with Gasteiger partial charge in [-0.1, -0.05) is 69.4 Å². The second-order valence-electron chi connectivity index (χ2n) is 6.17. The molecule has 1 N–H and O–H groups in total. The molecule has 0 radical (unpaired) electrons. The number of rotatable bonds is 10. The lowest BCUT2D eigenvalue weighted by molar-refractivity contribution is -0.179. The molecule has 1 nitrogen and oxygen atoms in total. The molecule has 0 aliphatic rings. The third-order valence-electron chi connectivity index (χ3n) is 4.00. The minimum Gasteiger partial charge on any atom is -0.390 e. The smallest absolute Gasteiger partial charge is 0.390 e. The van der Waals surface area contributed by atoms with Crippen molar-refractivity contribution in [3.8, 4) is 0 Å². The quantitative estimate of drug-likeness (QED) is 0.552. The Balaban J connectivity index is 2.53. The van der Waals surface area contributed by atoms with E-state index in [1.807, 2.05) is 30.3 Å². The zero-order valence-electron chi connectivity index (χ0n) is 13.3. The molecule has 4 heteroatoms. The van der Waals surface area contributed by atoms with Gasteiger partial charge < -0.3 is 5.11 Å². The van der Waals surface area contributed by atoms with Crippen LogP contribution >= 0.6 is 0 Å². The highest BCUT2D eigenvalue weighted by molar-refractivity contribution is 5.15. The Kier molecular flexibility index (Phi) is 7.94. The maximum atomic E-state index is 12.7. The van der Waals surface area contributed by atoms with Gasteiger partial charge in [0.05, 0.1) is 12.0 Å². The van der Waals surface area contributed by atoms with Crippen molar-refractivity contribution < 1.29 is 18.3 Å². The Morgan fingerprint density at radius 2 is 1.55 bits per heavy atom. The third kappa shape index (κ3) is 8.42. The number of benzene rings is 1. The average molecular weight is 316 g/mol. The van der Waals surface area contributed by atoms with Gasteiger partial charge in [-0.25, -0.2) is 0 Å². The number of hydrogen-bond donors (Lipinski definition) is 1. The summed E-state index contributed by atoms with van der Waals surface area (Å²) in [5, 5.41) is 10.4. The fourth-order valence-corrected chi connectivity index (χ4v) is 2.75. The van der Waals surface area contributed by atoms with Crippen LogP contribution in [0.3, 0.4) is 0 Å². The van der Waals surface area contributed by atoms with Crippen molar-refractivity contribution >= 4 is 0 Å². The van der Waals surface area contributed by atoms with E-state index in [-0.39, 0.29) is 12.8 Å².